The number of allylic oxidation sites excluding steroid dienone is 3. The molecule has 4 rings (SSSR count). The summed E-state index contributed by atoms with van der Waals surface area (Å²) in [6.07, 6.45) is 12.1. The van der Waals surface area contributed by atoms with Gasteiger partial charge in [0.2, 0.25) is 0 Å². The van der Waals surface area contributed by atoms with Crippen molar-refractivity contribution in [1.29, 1.82) is 0 Å². The third kappa shape index (κ3) is 4.92. The third-order valence-corrected chi connectivity index (χ3v) is 7.46. The van der Waals surface area contributed by atoms with Crippen molar-refractivity contribution in [3.05, 3.63) is 52.8 Å². The Hall–Kier alpha value is -1.36. The van der Waals surface area contributed by atoms with E-state index in [2.05, 4.69) is 53.7 Å². The highest BCUT2D eigenvalue weighted by Crippen LogP contribution is 2.46. The van der Waals surface area contributed by atoms with E-state index in [9.17, 15) is 4.39 Å². The van der Waals surface area contributed by atoms with Crippen molar-refractivity contribution in [2.45, 2.75) is 45.1 Å². The zero-order valence-corrected chi connectivity index (χ0v) is 19.0. The van der Waals surface area contributed by atoms with Crippen LogP contribution in [0.3, 0.4) is 0 Å². The second-order valence-corrected chi connectivity index (χ2v) is 9.86. The molecule has 2 N–H and O–H groups in total. The first-order chi connectivity index (χ1) is 14.5. The molecule has 1 unspecified atom stereocenters. The van der Waals surface area contributed by atoms with Gasteiger partial charge < -0.3 is 15.5 Å². The maximum absolute atomic E-state index is 14.8. The summed E-state index contributed by atoms with van der Waals surface area (Å²) in [7, 11) is 0. The average Bonchev–Trinajstić information content (AvgIpc) is 2.75. The van der Waals surface area contributed by atoms with E-state index in [1.807, 2.05) is 6.07 Å². The minimum absolute atomic E-state index is 0.227. The van der Waals surface area contributed by atoms with Crippen molar-refractivity contribution < 1.29 is 4.39 Å². The van der Waals surface area contributed by atoms with Crippen molar-refractivity contribution in [3.8, 4) is 0 Å². The highest BCUT2D eigenvalue weighted by atomic mass is 35.5. The van der Waals surface area contributed by atoms with Gasteiger partial charge in [-0.3, -0.25) is 0 Å². The van der Waals surface area contributed by atoms with E-state index in [4.69, 9.17) is 11.6 Å². The molecule has 0 amide bonds. The second-order valence-electron chi connectivity index (χ2n) is 9.42. The fourth-order valence-corrected chi connectivity index (χ4v) is 5.76. The SMILES string of the molecule is C[C@H](CC[C@@H]1[C@H](C)c2cc(Cl)cc(F)c2N[C@H]1C1C=CC=CC1)CN1CCNCC1. The molecule has 0 aromatic heterocycles. The molecule has 5 atom stereocenters. The fourth-order valence-electron chi connectivity index (χ4n) is 5.54. The molecule has 0 spiro atoms. The summed E-state index contributed by atoms with van der Waals surface area (Å²) >= 11 is 6.22. The van der Waals surface area contributed by atoms with Crippen LogP contribution in [0.5, 0.6) is 0 Å². The zero-order valence-electron chi connectivity index (χ0n) is 18.2. The van der Waals surface area contributed by atoms with Crippen molar-refractivity contribution in [1.82, 2.24) is 10.2 Å². The Bertz CT molecular complexity index is 787. The smallest absolute Gasteiger partial charge is 0.148 e. The molecule has 3 nitrogen and oxygen atoms in total. The van der Waals surface area contributed by atoms with E-state index >= 15 is 0 Å². The molecule has 0 radical (unpaired) electrons. The average molecular weight is 432 g/mol. The highest BCUT2D eigenvalue weighted by molar-refractivity contribution is 6.30. The van der Waals surface area contributed by atoms with Gasteiger partial charge in [0.15, 0.2) is 0 Å². The summed E-state index contributed by atoms with van der Waals surface area (Å²) in [6.45, 7) is 10.3. The van der Waals surface area contributed by atoms with Gasteiger partial charge in [-0.2, -0.15) is 0 Å². The largest absolute Gasteiger partial charge is 0.379 e. The number of fused-ring (bicyclic) bond motifs is 1. The predicted octanol–water partition coefficient (Wildman–Crippen LogP) is 5.45. The molecule has 1 aliphatic carbocycles. The Morgan fingerprint density at radius 1 is 1.23 bits per heavy atom. The molecule has 0 bridgehead atoms. The minimum atomic E-state index is -0.227. The van der Waals surface area contributed by atoms with Crippen molar-refractivity contribution >= 4 is 17.3 Å². The maximum Gasteiger partial charge on any atom is 0.148 e. The Labute approximate surface area is 185 Å². The number of hydrogen-bond acceptors (Lipinski definition) is 3. The first kappa shape index (κ1) is 21.9. The van der Waals surface area contributed by atoms with Gasteiger partial charge in [0.25, 0.3) is 0 Å². The normalized spacial score (nSPS) is 30.0. The minimum Gasteiger partial charge on any atom is -0.379 e. The fraction of sp³-hybridized carbons (Fsp3) is 0.600. The number of nitrogens with zero attached hydrogens (tertiary/aromatic N) is 1. The van der Waals surface area contributed by atoms with Crippen LogP contribution in [0.25, 0.3) is 0 Å². The van der Waals surface area contributed by atoms with Crippen LogP contribution in [0.2, 0.25) is 5.02 Å². The first-order valence-electron chi connectivity index (χ1n) is 11.5. The van der Waals surface area contributed by atoms with E-state index in [1.54, 1.807) is 0 Å². The molecule has 1 aromatic rings. The maximum atomic E-state index is 14.8. The Morgan fingerprint density at radius 3 is 2.77 bits per heavy atom. The quantitative estimate of drug-likeness (QED) is 0.627. The van der Waals surface area contributed by atoms with Crippen LogP contribution in [0.1, 0.15) is 44.6 Å². The summed E-state index contributed by atoms with van der Waals surface area (Å²) in [6, 6.07) is 3.64. The zero-order chi connectivity index (χ0) is 21.1. The molecule has 1 saturated heterocycles. The third-order valence-electron chi connectivity index (χ3n) is 7.24. The second kappa shape index (κ2) is 9.84. The van der Waals surface area contributed by atoms with Gasteiger partial charge in [0.05, 0.1) is 5.69 Å². The molecule has 2 heterocycles. The van der Waals surface area contributed by atoms with Gasteiger partial charge in [0, 0.05) is 49.7 Å². The van der Waals surface area contributed by atoms with E-state index in [0.717, 1.165) is 44.6 Å². The predicted molar refractivity (Wildman–Crippen MR) is 125 cm³/mol. The number of hydrogen-bond donors (Lipinski definition) is 2. The molecule has 164 valence electrons. The number of nitrogens with one attached hydrogen (secondary N) is 2. The number of anilines is 1. The number of benzene rings is 1. The lowest BCUT2D eigenvalue weighted by molar-refractivity contribution is 0.195. The summed E-state index contributed by atoms with van der Waals surface area (Å²) < 4.78 is 14.8. The van der Waals surface area contributed by atoms with E-state index in [0.29, 0.717) is 28.5 Å². The van der Waals surface area contributed by atoms with E-state index in [1.165, 1.54) is 19.0 Å². The van der Waals surface area contributed by atoms with Crippen LogP contribution < -0.4 is 10.6 Å². The van der Waals surface area contributed by atoms with Crippen LogP contribution in [-0.2, 0) is 0 Å². The van der Waals surface area contributed by atoms with Gasteiger partial charge >= 0.3 is 0 Å². The van der Waals surface area contributed by atoms with Crippen LogP contribution >= 0.6 is 11.6 Å². The summed E-state index contributed by atoms with van der Waals surface area (Å²) in [5.74, 6) is 1.58. The molecular weight excluding hydrogens is 397 g/mol. The molecule has 30 heavy (non-hydrogen) atoms. The van der Waals surface area contributed by atoms with Crippen molar-refractivity contribution in [3.63, 3.8) is 0 Å². The van der Waals surface area contributed by atoms with Crippen molar-refractivity contribution in [2.24, 2.45) is 17.8 Å². The summed E-state index contributed by atoms with van der Waals surface area (Å²) in [4.78, 5) is 2.58. The van der Waals surface area contributed by atoms with E-state index < -0.39 is 0 Å². The van der Waals surface area contributed by atoms with Crippen LogP contribution in [0.4, 0.5) is 10.1 Å². The number of rotatable bonds is 6. The van der Waals surface area contributed by atoms with Crippen LogP contribution in [0.15, 0.2) is 36.4 Å². The molecular formula is C25H35ClFN3. The Balaban J connectivity index is 1.50. The molecule has 2 aliphatic heterocycles. The summed E-state index contributed by atoms with van der Waals surface area (Å²) in [5.41, 5.74) is 1.69. The molecule has 1 fully saturated rings. The van der Waals surface area contributed by atoms with Crippen molar-refractivity contribution in [2.75, 3.05) is 38.0 Å². The Morgan fingerprint density at radius 2 is 2.03 bits per heavy atom. The van der Waals surface area contributed by atoms with Crippen LogP contribution in [-0.4, -0.2) is 43.7 Å². The molecule has 1 aromatic carbocycles. The summed E-state index contributed by atoms with van der Waals surface area (Å²) in [5, 5.41) is 7.54. The lowest BCUT2D eigenvalue weighted by Gasteiger charge is -2.43. The van der Waals surface area contributed by atoms with E-state index in [-0.39, 0.29) is 17.8 Å². The Kier molecular flexibility index (Phi) is 7.17. The molecule has 5 heteroatoms. The van der Waals surface area contributed by atoms with Gasteiger partial charge in [-0.25, -0.2) is 4.39 Å². The van der Waals surface area contributed by atoms with Crippen LogP contribution in [0, 0.1) is 23.6 Å². The lowest BCUT2D eigenvalue weighted by atomic mass is 9.70. The lowest BCUT2D eigenvalue weighted by Crippen LogP contribution is -2.45. The molecule has 3 aliphatic rings. The standard InChI is InChI=1S/C25H35ClFN3/c1-17(16-30-12-10-28-11-13-30)8-9-21-18(2)22-14-20(26)15-23(27)25(22)29-24(21)19-6-4-3-5-7-19/h3-6,14-15,17-19,21,24,28-29H,7-13,16H2,1-2H3/t17-,18+,19?,21-,24+/m1/s1. The van der Waals surface area contributed by atoms with Gasteiger partial charge in [-0.15, -0.1) is 0 Å². The van der Waals surface area contributed by atoms with Gasteiger partial charge in [-0.1, -0.05) is 49.8 Å². The monoisotopic (exact) mass is 431 g/mol. The van der Waals surface area contributed by atoms with Gasteiger partial charge in [-0.05, 0) is 54.7 Å². The number of halogens is 2. The number of piperazine rings is 1. The molecule has 0 saturated carbocycles. The first-order valence-corrected chi connectivity index (χ1v) is 11.9. The topological polar surface area (TPSA) is 27.3 Å². The highest BCUT2D eigenvalue weighted by Gasteiger charge is 2.38. The van der Waals surface area contributed by atoms with Gasteiger partial charge in [0.1, 0.15) is 5.82 Å².